The van der Waals surface area contributed by atoms with Gasteiger partial charge in [-0.25, -0.2) is 4.79 Å². The maximum atomic E-state index is 12.7. The van der Waals surface area contributed by atoms with E-state index in [0.717, 1.165) is 36.0 Å². The van der Waals surface area contributed by atoms with E-state index in [1.165, 1.54) is 30.4 Å². The summed E-state index contributed by atoms with van der Waals surface area (Å²) in [6.45, 7) is 6.43. The fraction of sp³-hybridized carbons (Fsp3) is 0.345. The summed E-state index contributed by atoms with van der Waals surface area (Å²) in [6.07, 6.45) is 6.39. The maximum absolute atomic E-state index is 12.7. The number of unbranched alkanes of at least 4 members (excludes halogenated alkanes) is 2. The van der Waals surface area contributed by atoms with E-state index in [-0.39, 0.29) is 12.1 Å². The molecule has 0 saturated carbocycles. The van der Waals surface area contributed by atoms with Crippen molar-refractivity contribution in [3.05, 3.63) is 95.1 Å². The first-order valence-corrected chi connectivity index (χ1v) is 11.6. The first kappa shape index (κ1) is 22.8. The minimum absolute atomic E-state index is 0.224. The van der Waals surface area contributed by atoms with Gasteiger partial charge in [-0.05, 0) is 65.6 Å². The second-order valence-electron chi connectivity index (χ2n) is 8.13. The summed E-state index contributed by atoms with van der Waals surface area (Å²) in [5, 5.41) is 0. The second-order valence-corrected chi connectivity index (χ2v) is 8.13. The molecule has 0 fully saturated rings. The first-order chi connectivity index (χ1) is 15.1. The molecule has 0 amide bonds. The van der Waals surface area contributed by atoms with Gasteiger partial charge < -0.3 is 4.74 Å². The monoisotopic (exact) mass is 414 g/mol. The SMILES string of the molecule is CCCCCc1ccc(C(CC)OC(=O)c2ccc(-c3ccc(CC)cc3)cc2)cc1. The summed E-state index contributed by atoms with van der Waals surface area (Å²) < 4.78 is 5.85. The van der Waals surface area contributed by atoms with Crippen LogP contribution >= 0.6 is 0 Å². The Morgan fingerprint density at radius 1 is 0.742 bits per heavy atom. The molecule has 0 bridgehead atoms. The molecule has 0 aliphatic rings. The standard InChI is InChI=1S/C29H34O2/c1-4-7-8-9-23-12-16-26(17-13-23)28(6-3)31-29(30)27-20-18-25(19-21-27)24-14-10-22(5-2)11-15-24/h10-21,28H,4-9H2,1-3H3. The molecular formula is C29H34O2. The van der Waals surface area contributed by atoms with Gasteiger partial charge in [0.1, 0.15) is 6.10 Å². The Labute approximate surface area is 187 Å². The molecule has 3 aromatic rings. The summed E-state index contributed by atoms with van der Waals surface area (Å²) in [6, 6.07) is 24.8. The number of ether oxygens (including phenoxy) is 1. The lowest BCUT2D eigenvalue weighted by Gasteiger charge is -2.17. The topological polar surface area (TPSA) is 26.3 Å². The first-order valence-electron chi connectivity index (χ1n) is 11.6. The Bertz CT molecular complexity index is 938. The van der Waals surface area contributed by atoms with Crippen molar-refractivity contribution in [2.24, 2.45) is 0 Å². The molecule has 31 heavy (non-hydrogen) atoms. The highest BCUT2D eigenvalue weighted by Gasteiger charge is 2.16. The number of carbonyl (C=O) groups is 1. The molecule has 0 saturated heterocycles. The molecule has 0 heterocycles. The average molecular weight is 415 g/mol. The van der Waals surface area contributed by atoms with Crippen LogP contribution in [0.25, 0.3) is 11.1 Å². The van der Waals surface area contributed by atoms with Crippen molar-refractivity contribution < 1.29 is 9.53 Å². The van der Waals surface area contributed by atoms with Gasteiger partial charge in [-0.3, -0.25) is 0 Å². The number of rotatable bonds is 10. The molecule has 1 atom stereocenters. The molecule has 0 spiro atoms. The Morgan fingerprint density at radius 2 is 1.32 bits per heavy atom. The molecule has 0 N–H and O–H groups in total. The normalized spacial score (nSPS) is 11.8. The predicted molar refractivity (Wildman–Crippen MR) is 129 cm³/mol. The third-order valence-electron chi connectivity index (χ3n) is 5.86. The Hall–Kier alpha value is -2.87. The summed E-state index contributed by atoms with van der Waals surface area (Å²) in [5.74, 6) is -0.272. The van der Waals surface area contributed by atoms with Crippen molar-refractivity contribution in [1.82, 2.24) is 0 Å². The van der Waals surface area contributed by atoms with E-state index in [4.69, 9.17) is 4.74 Å². The molecular weight excluding hydrogens is 380 g/mol. The maximum Gasteiger partial charge on any atom is 0.338 e. The highest BCUT2D eigenvalue weighted by molar-refractivity contribution is 5.90. The zero-order chi connectivity index (χ0) is 22.1. The number of hydrogen-bond acceptors (Lipinski definition) is 2. The summed E-state index contributed by atoms with van der Waals surface area (Å²) in [4.78, 5) is 12.7. The lowest BCUT2D eigenvalue weighted by molar-refractivity contribution is 0.0288. The molecule has 1 unspecified atom stereocenters. The fourth-order valence-electron chi connectivity index (χ4n) is 3.79. The zero-order valence-electron chi connectivity index (χ0n) is 19.1. The Balaban J connectivity index is 1.63. The zero-order valence-corrected chi connectivity index (χ0v) is 19.1. The van der Waals surface area contributed by atoms with Crippen LogP contribution in [-0.4, -0.2) is 5.97 Å². The van der Waals surface area contributed by atoms with Crippen molar-refractivity contribution in [3.8, 4) is 11.1 Å². The molecule has 3 rings (SSSR count). The van der Waals surface area contributed by atoms with Crippen LogP contribution in [0.1, 0.15) is 79.6 Å². The van der Waals surface area contributed by atoms with Gasteiger partial charge in [0.25, 0.3) is 0 Å². The fourth-order valence-corrected chi connectivity index (χ4v) is 3.79. The lowest BCUT2D eigenvalue weighted by atomic mass is 10.0. The van der Waals surface area contributed by atoms with E-state index in [2.05, 4.69) is 69.3 Å². The highest BCUT2D eigenvalue weighted by atomic mass is 16.5. The van der Waals surface area contributed by atoms with Crippen LogP contribution in [0.2, 0.25) is 0 Å². The van der Waals surface area contributed by atoms with Gasteiger partial charge in [-0.1, -0.05) is 94.3 Å². The van der Waals surface area contributed by atoms with Crippen LogP contribution in [0.4, 0.5) is 0 Å². The van der Waals surface area contributed by atoms with Gasteiger partial charge in [-0.2, -0.15) is 0 Å². The van der Waals surface area contributed by atoms with Crippen molar-refractivity contribution in [2.75, 3.05) is 0 Å². The van der Waals surface area contributed by atoms with Crippen LogP contribution < -0.4 is 0 Å². The van der Waals surface area contributed by atoms with Gasteiger partial charge in [0, 0.05) is 0 Å². The molecule has 0 aliphatic carbocycles. The molecule has 0 radical (unpaired) electrons. The van der Waals surface area contributed by atoms with Crippen LogP contribution in [0, 0.1) is 0 Å². The average Bonchev–Trinajstić information content (AvgIpc) is 2.83. The van der Waals surface area contributed by atoms with E-state index in [1.807, 2.05) is 24.3 Å². The van der Waals surface area contributed by atoms with E-state index in [9.17, 15) is 4.79 Å². The van der Waals surface area contributed by atoms with Gasteiger partial charge in [-0.15, -0.1) is 0 Å². The van der Waals surface area contributed by atoms with E-state index >= 15 is 0 Å². The number of hydrogen-bond donors (Lipinski definition) is 0. The molecule has 2 heteroatoms. The number of benzene rings is 3. The van der Waals surface area contributed by atoms with Crippen LogP contribution in [0.15, 0.2) is 72.8 Å². The molecule has 0 aliphatic heterocycles. The summed E-state index contributed by atoms with van der Waals surface area (Å²) in [5.41, 5.74) is 6.57. The van der Waals surface area contributed by atoms with Crippen LogP contribution in [0.5, 0.6) is 0 Å². The summed E-state index contributed by atoms with van der Waals surface area (Å²) >= 11 is 0. The van der Waals surface area contributed by atoms with Crippen molar-refractivity contribution >= 4 is 5.97 Å². The molecule has 3 aromatic carbocycles. The largest absolute Gasteiger partial charge is 0.454 e. The van der Waals surface area contributed by atoms with E-state index in [0.29, 0.717) is 5.56 Å². The van der Waals surface area contributed by atoms with Crippen molar-refractivity contribution in [3.63, 3.8) is 0 Å². The van der Waals surface area contributed by atoms with Gasteiger partial charge in [0.15, 0.2) is 0 Å². The summed E-state index contributed by atoms with van der Waals surface area (Å²) in [7, 11) is 0. The van der Waals surface area contributed by atoms with Gasteiger partial charge in [0.2, 0.25) is 0 Å². The smallest absolute Gasteiger partial charge is 0.338 e. The van der Waals surface area contributed by atoms with E-state index < -0.39 is 0 Å². The highest BCUT2D eigenvalue weighted by Crippen LogP contribution is 2.25. The Kier molecular flexibility index (Phi) is 8.46. The molecule has 2 nitrogen and oxygen atoms in total. The number of carbonyl (C=O) groups excluding carboxylic acids is 1. The van der Waals surface area contributed by atoms with Crippen LogP contribution in [0.3, 0.4) is 0 Å². The Morgan fingerprint density at radius 3 is 1.87 bits per heavy atom. The van der Waals surface area contributed by atoms with Crippen molar-refractivity contribution in [2.45, 2.75) is 65.4 Å². The van der Waals surface area contributed by atoms with Gasteiger partial charge in [0.05, 0.1) is 5.56 Å². The quantitative estimate of drug-likeness (QED) is 0.248. The molecule has 0 aromatic heterocycles. The lowest BCUT2D eigenvalue weighted by Crippen LogP contribution is -2.11. The van der Waals surface area contributed by atoms with Crippen molar-refractivity contribution in [1.29, 1.82) is 0 Å². The van der Waals surface area contributed by atoms with E-state index in [1.54, 1.807) is 0 Å². The molecule has 162 valence electrons. The van der Waals surface area contributed by atoms with Gasteiger partial charge >= 0.3 is 5.97 Å². The second kappa shape index (κ2) is 11.5. The van der Waals surface area contributed by atoms with Crippen LogP contribution in [-0.2, 0) is 17.6 Å². The predicted octanol–water partition coefficient (Wildman–Crippen LogP) is 7.96. The number of aryl methyl sites for hydroxylation is 2. The minimum Gasteiger partial charge on any atom is -0.454 e. The number of esters is 1. The minimum atomic E-state index is -0.272. The third-order valence-corrected chi connectivity index (χ3v) is 5.86. The third kappa shape index (κ3) is 6.30.